The van der Waals surface area contributed by atoms with E-state index in [-0.39, 0.29) is 22.9 Å². The van der Waals surface area contributed by atoms with Gasteiger partial charge in [0.05, 0.1) is 6.61 Å². The summed E-state index contributed by atoms with van der Waals surface area (Å²) in [5, 5.41) is 0. The summed E-state index contributed by atoms with van der Waals surface area (Å²) in [6.45, 7) is 2.66. The zero-order valence-corrected chi connectivity index (χ0v) is 17.6. The van der Waals surface area contributed by atoms with Gasteiger partial charge in [0.15, 0.2) is 0 Å². The van der Waals surface area contributed by atoms with Crippen molar-refractivity contribution in [3.63, 3.8) is 0 Å². The van der Waals surface area contributed by atoms with E-state index in [9.17, 15) is 14.4 Å². The Bertz CT molecular complexity index is 1160. The third kappa shape index (κ3) is 3.44. The monoisotopic (exact) mass is 419 g/mol. The van der Waals surface area contributed by atoms with E-state index >= 15 is 0 Å². The molecular weight excluding hydrogens is 394 g/mol. The normalized spacial score (nSPS) is 17.2. The van der Waals surface area contributed by atoms with Gasteiger partial charge < -0.3 is 19.1 Å². The lowest BCUT2D eigenvalue weighted by atomic mass is 9.95. The number of fused-ring (bicyclic) bond motifs is 2. The Balaban J connectivity index is 1.44. The molecule has 1 aromatic carbocycles. The van der Waals surface area contributed by atoms with Crippen LogP contribution in [0, 0.1) is 0 Å². The molecule has 31 heavy (non-hydrogen) atoms. The number of benzene rings is 1. The average Bonchev–Trinajstić information content (AvgIpc) is 3.27. The largest absolute Gasteiger partial charge is 0.493 e. The number of aromatic nitrogens is 1. The van der Waals surface area contributed by atoms with Crippen molar-refractivity contribution in [2.75, 3.05) is 26.2 Å². The summed E-state index contributed by atoms with van der Waals surface area (Å²) in [5.41, 5.74) is 3.35. The average molecular weight is 419 g/mol. The molecule has 3 aliphatic rings. The maximum Gasteiger partial charge on any atom is 0.263 e. The third-order valence-corrected chi connectivity index (χ3v) is 6.35. The van der Waals surface area contributed by atoms with Gasteiger partial charge in [-0.3, -0.25) is 14.4 Å². The first-order valence-corrected chi connectivity index (χ1v) is 10.7. The number of carbonyl (C=O) groups excluding carboxylic acids is 2. The lowest BCUT2D eigenvalue weighted by Crippen LogP contribution is -2.42. The zero-order chi connectivity index (χ0) is 21.5. The molecule has 0 N–H and O–H groups in total. The lowest BCUT2D eigenvalue weighted by molar-refractivity contribution is 0.0732. The molecule has 2 amide bonds. The van der Waals surface area contributed by atoms with Gasteiger partial charge in [0.1, 0.15) is 11.3 Å². The smallest absolute Gasteiger partial charge is 0.263 e. The highest BCUT2D eigenvalue weighted by molar-refractivity contribution is 5.97. The topological polar surface area (TPSA) is 71.9 Å². The first-order valence-electron chi connectivity index (χ1n) is 10.7. The molecule has 2 aromatic rings. The van der Waals surface area contributed by atoms with E-state index in [1.165, 1.54) is 4.57 Å². The number of hydrogen-bond acceptors (Lipinski definition) is 4. The zero-order valence-electron chi connectivity index (χ0n) is 17.6. The Morgan fingerprint density at radius 1 is 1.00 bits per heavy atom. The molecule has 0 aliphatic carbocycles. The van der Waals surface area contributed by atoms with Gasteiger partial charge in [-0.2, -0.15) is 0 Å². The number of nitrogens with zero attached hydrogens (tertiary/aromatic N) is 3. The van der Waals surface area contributed by atoms with Crippen molar-refractivity contribution in [1.82, 2.24) is 14.4 Å². The van der Waals surface area contributed by atoms with Gasteiger partial charge in [0.25, 0.3) is 17.4 Å². The summed E-state index contributed by atoms with van der Waals surface area (Å²) in [4.78, 5) is 42.7. The molecule has 0 radical (unpaired) electrons. The minimum atomic E-state index is -0.267. The summed E-state index contributed by atoms with van der Waals surface area (Å²) in [7, 11) is 1.66. The minimum absolute atomic E-state index is 0.0387. The van der Waals surface area contributed by atoms with E-state index in [1.807, 2.05) is 24.3 Å². The van der Waals surface area contributed by atoms with Crippen LogP contribution < -0.4 is 10.3 Å². The van der Waals surface area contributed by atoms with Crippen LogP contribution in [0.15, 0.2) is 41.3 Å². The van der Waals surface area contributed by atoms with Crippen molar-refractivity contribution < 1.29 is 14.3 Å². The van der Waals surface area contributed by atoms with Crippen LogP contribution in [0.4, 0.5) is 0 Å². The number of aryl methyl sites for hydroxylation is 1. The Morgan fingerprint density at radius 3 is 2.68 bits per heavy atom. The first kappa shape index (κ1) is 19.6. The number of amides is 2. The lowest BCUT2D eigenvalue weighted by Gasteiger charge is -2.31. The molecule has 0 atom stereocenters. The fraction of sp³-hybridized carbons (Fsp3) is 0.375. The fourth-order valence-corrected chi connectivity index (χ4v) is 4.67. The molecule has 0 bridgehead atoms. The van der Waals surface area contributed by atoms with Crippen molar-refractivity contribution in [3.05, 3.63) is 74.7 Å². The predicted octanol–water partition coefficient (Wildman–Crippen LogP) is 1.92. The molecule has 5 rings (SSSR count). The van der Waals surface area contributed by atoms with E-state index in [2.05, 4.69) is 6.08 Å². The molecule has 160 valence electrons. The van der Waals surface area contributed by atoms with Crippen LogP contribution in [0.1, 0.15) is 43.8 Å². The van der Waals surface area contributed by atoms with Crippen LogP contribution in [-0.2, 0) is 26.4 Å². The molecule has 7 heteroatoms. The maximum absolute atomic E-state index is 13.2. The Hall–Kier alpha value is -3.35. The molecule has 0 spiro atoms. The Morgan fingerprint density at radius 2 is 1.87 bits per heavy atom. The van der Waals surface area contributed by atoms with Crippen LogP contribution in [-0.4, -0.2) is 52.4 Å². The highest BCUT2D eigenvalue weighted by atomic mass is 16.5. The van der Waals surface area contributed by atoms with E-state index in [1.54, 1.807) is 23.0 Å². The van der Waals surface area contributed by atoms with Gasteiger partial charge in [-0.1, -0.05) is 12.2 Å². The van der Waals surface area contributed by atoms with Crippen molar-refractivity contribution in [3.8, 4) is 5.75 Å². The van der Waals surface area contributed by atoms with Crippen molar-refractivity contribution in [1.29, 1.82) is 0 Å². The van der Waals surface area contributed by atoms with Crippen LogP contribution in [0.5, 0.6) is 5.75 Å². The molecular formula is C24H25N3O4. The van der Waals surface area contributed by atoms with Gasteiger partial charge in [-0.05, 0) is 47.7 Å². The Labute approximate surface area is 180 Å². The second-order valence-electron chi connectivity index (χ2n) is 8.33. The number of pyridine rings is 1. The summed E-state index contributed by atoms with van der Waals surface area (Å²) >= 11 is 0. The van der Waals surface area contributed by atoms with E-state index in [0.29, 0.717) is 44.8 Å². The SMILES string of the molecule is Cn1cc2c(c(C(=O)N3CC=CCC3)c1=O)CCN(C(=O)c1ccc3c(c1)CCO3)C2. The van der Waals surface area contributed by atoms with Crippen molar-refractivity contribution >= 4 is 11.8 Å². The van der Waals surface area contributed by atoms with E-state index in [0.717, 1.165) is 35.3 Å². The quantitative estimate of drug-likeness (QED) is 0.698. The minimum Gasteiger partial charge on any atom is -0.493 e. The molecule has 0 saturated heterocycles. The van der Waals surface area contributed by atoms with Gasteiger partial charge in [-0.25, -0.2) is 0 Å². The maximum atomic E-state index is 13.2. The van der Waals surface area contributed by atoms with Crippen LogP contribution >= 0.6 is 0 Å². The fourth-order valence-electron chi connectivity index (χ4n) is 4.67. The Kier molecular flexibility index (Phi) is 4.88. The van der Waals surface area contributed by atoms with Gasteiger partial charge in [-0.15, -0.1) is 0 Å². The van der Waals surface area contributed by atoms with Gasteiger partial charge in [0, 0.05) is 51.4 Å². The third-order valence-electron chi connectivity index (χ3n) is 6.35. The van der Waals surface area contributed by atoms with Crippen molar-refractivity contribution in [2.24, 2.45) is 7.05 Å². The predicted molar refractivity (Wildman–Crippen MR) is 115 cm³/mol. The van der Waals surface area contributed by atoms with Crippen LogP contribution in [0.2, 0.25) is 0 Å². The van der Waals surface area contributed by atoms with Crippen LogP contribution in [0.25, 0.3) is 0 Å². The van der Waals surface area contributed by atoms with Gasteiger partial charge in [0.2, 0.25) is 0 Å². The molecule has 7 nitrogen and oxygen atoms in total. The number of rotatable bonds is 2. The van der Waals surface area contributed by atoms with Crippen molar-refractivity contribution in [2.45, 2.75) is 25.8 Å². The first-order chi connectivity index (χ1) is 15.0. The molecule has 4 heterocycles. The second-order valence-corrected chi connectivity index (χ2v) is 8.33. The van der Waals surface area contributed by atoms with Crippen LogP contribution in [0.3, 0.4) is 0 Å². The second kappa shape index (κ2) is 7.72. The summed E-state index contributed by atoms with van der Waals surface area (Å²) in [6, 6.07) is 5.59. The molecule has 1 aromatic heterocycles. The molecule has 0 fully saturated rings. The summed E-state index contributed by atoms with van der Waals surface area (Å²) < 4.78 is 7.00. The number of hydrogen-bond donors (Lipinski definition) is 0. The van der Waals surface area contributed by atoms with Gasteiger partial charge >= 0.3 is 0 Å². The molecule has 0 saturated carbocycles. The standard InChI is InChI=1S/C24H25N3O4/c1-25-14-18-15-27(22(28)17-5-6-20-16(13-17)8-12-31-20)11-7-19(18)21(23(25)29)24(30)26-9-3-2-4-10-26/h2-3,5-6,13-14H,4,7-12,15H2,1H3. The number of carbonyl (C=O) groups is 2. The highest BCUT2D eigenvalue weighted by Crippen LogP contribution is 2.28. The summed E-state index contributed by atoms with van der Waals surface area (Å²) in [5.74, 6) is 0.606. The molecule has 0 unspecified atom stereocenters. The number of ether oxygens (including phenoxy) is 1. The highest BCUT2D eigenvalue weighted by Gasteiger charge is 2.30. The van der Waals surface area contributed by atoms with E-state index in [4.69, 9.17) is 4.74 Å². The van der Waals surface area contributed by atoms with E-state index < -0.39 is 0 Å². The summed E-state index contributed by atoms with van der Waals surface area (Å²) in [6.07, 6.45) is 7.89. The molecule has 3 aliphatic heterocycles.